The molecular formula is C30H37ClN4O2. The zero-order chi connectivity index (χ0) is 26.2. The highest BCUT2D eigenvalue weighted by atomic mass is 35.5. The average Bonchev–Trinajstić information content (AvgIpc) is 3.22. The van der Waals surface area contributed by atoms with Crippen LogP contribution in [-0.2, 0) is 13.0 Å². The van der Waals surface area contributed by atoms with Gasteiger partial charge in [-0.1, -0.05) is 23.7 Å². The number of halogens is 1. The third-order valence-electron chi connectivity index (χ3n) is 6.17. The summed E-state index contributed by atoms with van der Waals surface area (Å²) in [5.74, 6) is 2.68. The minimum absolute atomic E-state index is 0.597. The second-order valence-corrected chi connectivity index (χ2v) is 10.2. The molecule has 196 valence electrons. The van der Waals surface area contributed by atoms with Gasteiger partial charge in [0.2, 0.25) is 0 Å². The first-order valence-corrected chi connectivity index (χ1v) is 13.2. The van der Waals surface area contributed by atoms with Crippen molar-refractivity contribution in [3.05, 3.63) is 77.3 Å². The number of benzene rings is 3. The van der Waals surface area contributed by atoms with Gasteiger partial charge in [0.05, 0.1) is 17.6 Å². The van der Waals surface area contributed by atoms with Gasteiger partial charge in [-0.3, -0.25) is 0 Å². The van der Waals surface area contributed by atoms with Gasteiger partial charge in [-0.15, -0.1) is 0 Å². The van der Waals surface area contributed by atoms with Crippen LogP contribution in [0.15, 0.2) is 66.7 Å². The number of hydrogen-bond acceptors (Lipinski definition) is 5. The van der Waals surface area contributed by atoms with Gasteiger partial charge in [-0.2, -0.15) is 0 Å². The zero-order valence-electron chi connectivity index (χ0n) is 22.3. The Balaban J connectivity index is 1.51. The fourth-order valence-electron chi connectivity index (χ4n) is 4.21. The van der Waals surface area contributed by atoms with Gasteiger partial charge in [0.1, 0.15) is 23.9 Å². The van der Waals surface area contributed by atoms with Crippen LogP contribution in [0.25, 0.3) is 22.4 Å². The van der Waals surface area contributed by atoms with Gasteiger partial charge in [0.15, 0.2) is 0 Å². The van der Waals surface area contributed by atoms with E-state index in [0.717, 1.165) is 71.4 Å². The number of aryl methyl sites for hydroxylation is 1. The third kappa shape index (κ3) is 7.71. The molecule has 0 aliphatic rings. The van der Waals surface area contributed by atoms with E-state index in [0.29, 0.717) is 13.2 Å². The summed E-state index contributed by atoms with van der Waals surface area (Å²) in [5.41, 5.74) is 4.30. The molecule has 0 N–H and O–H groups in total. The lowest BCUT2D eigenvalue weighted by Crippen LogP contribution is -2.19. The van der Waals surface area contributed by atoms with Gasteiger partial charge in [-0.05, 0) is 95.3 Å². The third-order valence-corrected chi connectivity index (χ3v) is 6.41. The monoisotopic (exact) mass is 520 g/mol. The Morgan fingerprint density at radius 2 is 1.54 bits per heavy atom. The van der Waals surface area contributed by atoms with E-state index in [1.165, 1.54) is 5.56 Å². The highest BCUT2D eigenvalue weighted by Gasteiger charge is 2.14. The van der Waals surface area contributed by atoms with E-state index >= 15 is 0 Å². The van der Waals surface area contributed by atoms with Gasteiger partial charge >= 0.3 is 0 Å². The van der Waals surface area contributed by atoms with Crippen LogP contribution in [0, 0.1) is 0 Å². The van der Waals surface area contributed by atoms with Crippen molar-refractivity contribution in [3.63, 3.8) is 0 Å². The highest BCUT2D eigenvalue weighted by molar-refractivity contribution is 6.30. The molecule has 0 radical (unpaired) electrons. The molecule has 0 fully saturated rings. The molecule has 1 aromatic heterocycles. The lowest BCUT2D eigenvalue weighted by molar-refractivity contribution is 0.261. The van der Waals surface area contributed by atoms with E-state index in [1.807, 2.05) is 50.5 Å². The van der Waals surface area contributed by atoms with E-state index in [1.54, 1.807) is 0 Å². The normalized spacial score (nSPS) is 11.5. The zero-order valence-corrected chi connectivity index (χ0v) is 23.0. The predicted octanol–water partition coefficient (Wildman–Crippen LogP) is 5.87. The molecule has 37 heavy (non-hydrogen) atoms. The smallest absolute Gasteiger partial charge is 0.141 e. The van der Waals surface area contributed by atoms with E-state index in [9.17, 15) is 0 Å². The summed E-state index contributed by atoms with van der Waals surface area (Å²) in [4.78, 5) is 9.33. The summed E-state index contributed by atoms with van der Waals surface area (Å²) >= 11 is 6.09. The van der Waals surface area contributed by atoms with Crippen molar-refractivity contribution in [2.24, 2.45) is 0 Å². The number of nitrogens with zero attached hydrogens (tertiary/aromatic N) is 4. The van der Waals surface area contributed by atoms with Gasteiger partial charge in [0.25, 0.3) is 0 Å². The maximum atomic E-state index is 6.09. The molecule has 0 saturated heterocycles. The molecule has 4 rings (SSSR count). The fraction of sp³-hybridized carbons (Fsp3) is 0.367. The van der Waals surface area contributed by atoms with Crippen LogP contribution in [0.4, 0.5) is 0 Å². The number of ether oxygens (including phenoxy) is 2. The Labute approximate surface area is 225 Å². The fourth-order valence-corrected chi connectivity index (χ4v) is 4.42. The molecule has 6 nitrogen and oxygen atoms in total. The van der Waals surface area contributed by atoms with Crippen molar-refractivity contribution in [2.45, 2.75) is 19.4 Å². The van der Waals surface area contributed by atoms with Crippen LogP contribution in [0.5, 0.6) is 11.5 Å². The SMILES string of the molecule is CN(C)CCCn1c(-c2ccc(OCCc3cccc(Cl)c3)cc2)nc2ccc(OCCN(C)C)cc21. The van der Waals surface area contributed by atoms with Crippen molar-refractivity contribution in [1.29, 1.82) is 0 Å². The van der Waals surface area contributed by atoms with Crippen molar-refractivity contribution in [1.82, 2.24) is 19.4 Å². The summed E-state index contributed by atoms with van der Waals surface area (Å²) in [7, 11) is 8.31. The molecule has 0 spiro atoms. The maximum Gasteiger partial charge on any atom is 0.141 e. The first-order chi connectivity index (χ1) is 17.9. The molecule has 0 aliphatic heterocycles. The Hall–Kier alpha value is -3.06. The van der Waals surface area contributed by atoms with Crippen LogP contribution >= 0.6 is 11.6 Å². The molecule has 0 bridgehead atoms. The molecule has 0 saturated carbocycles. The summed E-state index contributed by atoms with van der Waals surface area (Å²) in [5, 5.41) is 0.752. The summed E-state index contributed by atoms with van der Waals surface area (Å²) < 4.78 is 14.3. The molecule has 0 amide bonds. The lowest BCUT2D eigenvalue weighted by atomic mass is 10.1. The van der Waals surface area contributed by atoms with Gasteiger partial charge < -0.3 is 23.8 Å². The van der Waals surface area contributed by atoms with Gasteiger partial charge in [0, 0.05) is 36.2 Å². The minimum atomic E-state index is 0.597. The molecule has 7 heteroatoms. The van der Waals surface area contributed by atoms with Crippen LogP contribution in [-0.4, -0.2) is 73.8 Å². The first kappa shape index (κ1) is 27.0. The minimum Gasteiger partial charge on any atom is -0.493 e. The van der Waals surface area contributed by atoms with Crippen molar-refractivity contribution in [2.75, 3.05) is 54.5 Å². The summed E-state index contributed by atoms with van der Waals surface area (Å²) in [6, 6.07) is 22.3. The Morgan fingerprint density at radius 3 is 2.27 bits per heavy atom. The molecular weight excluding hydrogens is 484 g/mol. The van der Waals surface area contributed by atoms with Crippen LogP contribution in [0.1, 0.15) is 12.0 Å². The number of likely N-dealkylation sites (N-methyl/N-ethyl adjacent to an activating group) is 1. The molecule has 3 aromatic carbocycles. The number of rotatable bonds is 13. The van der Waals surface area contributed by atoms with Crippen LogP contribution < -0.4 is 9.47 Å². The Kier molecular flexibility index (Phi) is 9.45. The maximum absolute atomic E-state index is 6.09. The van der Waals surface area contributed by atoms with Crippen molar-refractivity contribution < 1.29 is 9.47 Å². The van der Waals surface area contributed by atoms with E-state index < -0.39 is 0 Å². The molecule has 0 unspecified atom stereocenters. The Morgan fingerprint density at radius 1 is 0.811 bits per heavy atom. The van der Waals surface area contributed by atoms with Crippen LogP contribution in [0.2, 0.25) is 5.02 Å². The Bertz CT molecular complexity index is 1280. The number of fused-ring (bicyclic) bond motifs is 1. The van der Waals surface area contributed by atoms with E-state index in [4.69, 9.17) is 26.1 Å². The quantitative estimate of drug-likeness (QED) is 0.220. The highest BCUT2D eigenvalue weighted by Crippen LogP contribution is 2.29. The van der Waals surface area contributed by atoms with Crippen molar-refractivity contribution in [3.8, 4) is 22.9 Å². The molecule has 0 atom stereocenters. The van der Waals surface area contributed by atoms with Gasteiger partial charge in [-0.25, -0.2) is 4.98 Å². The second-order valence-electron chi connectivity index (χ2n) is 9.80. The predicted molar refractivity (Wildman–Crippen MR) is 153 cm³/mol. The summed E-state index contributed by atoms with van der Waals surface area (Å²) in [6.07, 6.45) is 1.84. The van der Waals surface area contributed by atoms with Crippen molar-refractivity contribution >= 4 is 22.6 Å². The number of aromatic nitrogens is 2. The number of imidazole rings is 1. The number of hydrogen-bond donors (Lipinski definition) is 0. The van der Waals surface area contributed by atoms with E-state index in [2.05, 4.69) is 58.8 Å². The first-order valence-electron chi connectivity index (χ1n) is 12.8. The summed E-state index contributed by atoms with van der Waals surface area (Å²) in [6.45, 7) is 4.01. The average molecular weight is 521 g/mol. The molecule has 0 aliphatic carbocycles. The van der Waals surface area contributed by atoms with E-state index in [-0.39, 0.29) is 0 Å². The largest absolute Gasteiger partial charge is 0.493 e. The lowest BCUT2D eigenvalue weighted by Gasteiger charge is -2.14. The molecule has 4 aromatic rings. The topological polar surface area (TPSA) is 42.8 Å². The van der Waals surface area contributed by atoms with Crippen LogP contribution in [0.3, 0.4) is 0 Å². The second kappa shape index (κ2) is 13.0. The standard InChI is InChI=1S/C30H37ClN4O2/c1-33(2)16-6-17-35-29-22-27(37-20-18-34(3)4)13-14-28(29)32-30(35)24-9-11-26(12-10-24)36-19-15-23-7-5-8-25(31)21-23/h5,7-14,21-22H,6,15-20H2,1-4H3. The molecule has 1 heterocycles.